The summed E-state index contributed by atoms with van der Waals surface area (Å²) in [5.74, 6) is 0. The van der Waals surface area contributed by atoms with E-state index in [9.17, 15) is 0 Å². The Morgan fingerprint density at radius 1 is 1.43 bits per heavy atom. The molecule has 0 aromatic rings. The second-order valence-electron chi connectivity index (χ2n) is 3.51. The Balaban J connectivity index is 2.16. The fourth-order valence-electron chi connectivity index (χ4n) is 1.47. The molecule has 0 aromatic heterocycles. The van der Waals surface area contributed by atoms with Crippen molar-refractivity contribution in [2.75, 3.05) is 14.1 Å². The van der Waals surface area contributed by atoms with Gasteiger partial charge in [-0.1, -0.05) is 23.9 Å². The molecule has 1 aliphatic heterocycles. The Hall–Kier alpha value is -1.09. The van der Waals surface area contributed by atoms with Crippen LogP contribution in [0.2, 0.25) is 0 Å². The van der Waals surface area contributed by atoms with Gasteiger partial charge in [0.05, 0.1) is 5.03 Å². The van der Waals surface area contributed by atoms with Gasteiger partial charge in [0.15, 0.2) is 0 Å². The second kappa shape index (κ2) is 3.96. The van der Waals surface area contributed by atoms with E-state index in [1.807, 2.05) is 6.20 Å². The van der Waals surface area contributed by atoms with E-state index in [4.69, 9.17) is 0 Å². The van der Waals surface area contributed by atoms with Gasteiger partial charge in [-0.2, -0.15) is 0 Å². The lowest BCUT2D eigenvalue weighted by atomic mass is 10.1. The topological polar surface area (TPSA) is 15.3 Å². The van der Waals surface area contributed by atoms with Crippen molar-refractivity contribution in [3.05, 3.63) is 46.1 Å². The van der Waals surface area contributed by atoms with Crippen molar-refractivity contribution in [1.29, 1.82) is 0 Å². The van der Waals surface area contributed by atoms with Crippen molar-refractivity contribution in [2.45, 2.75) is 6.42 Å². The summed E-state index contributed by atoms with van der Waals surface area (Å²) in [5.41, 5.74) is 2.72. The zero-order valence-corrected chi connectivity index (χ0v) is 9.27. The van der Waals surface area contributed by atoms with Crippen LogP contribution in [0.3, 0.4) is 0 Å². The van der Waals surface area contributed by atoms with Crippen molar-refractivity contribution in [1.82, 2.24) is 10.2 Å². The van der Waals surface area contributed by atoms with Crippen LogP contribution in [0.4, 0.5) is 0 Å². The molecule has 0 saturated carbocycles. The van der Waals surface area contributed by atoms with E-state index in [0.717, 1.165) is 6.42 Å². The predicted octanol–water partition coefficient (Wildman–Crippen LogP) is 2.41. The van der Waals surface area contributed by atoms with Crippen LogP contribution < -0.4 is 5.32 Å². The molecule has 74 valence electrons. The number of rotatable bonds is 1. The van der Waals surface area contributed by atoms with E-state index < -0.39 is 0 Å². The molecular weight excluding hydrogens is 192 g/mol. The molecule has 1 N–H and O–H groups in total. The smallest absolute Gasteiger partial charge is 0.0800 e. The van der Waals surface area contributed by atoms with E-state index in [1.54, 1.807) is 11.8 Å². The highest BCUT2D eigenvalue weighted by molar-refractivity contribution is 8.06. The monoisotopic (exact) mass is 206 g/mol. The lowest BCUT2D eigenvalue weighted by Gasteiger charge is -2.20. The third-order valence-electron chi connectivity index (χ3n) is 2.29. The molecule has 0 spiro atoms. The molecule has 0 atom stereocenters. The van der Waals surface area contributed by atoms with Crippen molar-refractivity contribution in [3.63, 3.8) is 0 Å². The van der Waals surface area contributed by atoms with E-state index >= 15 is 0 Å². The maximum Gasteiger partial charge on any atom is 0.0800 e. The lowest BCUT2D eigenvalue weighted by Crippen LogP contribution is -2.14. The van der Waals surface area contributed by atoms with E-state index in [-0.39, 0.29) is 0 Å². The number of hydrogen-bond donors (Lipinski definition) is 1. The molecule has 3 heteroatoms. The summed E-state index contributed by atoms with van der Waals surface area (Å²) in [6.07, 6.45) is 9.45. The second-order valence-corrected chi connectivity index (χ2v) is 4.42. The highest BCUT2D eigenvalue weighted by Crippen LogP contribution is 2.29. The molecular formula is C11H14N2S. The quantitative estimate of drug-likeness (QED) is 0.709. The molecule has 0 fully saturated rings. The average molecular weight is 206 g/mol. The first-order chi connectivity index (χ1) is 6.77. The maximum atomic E-state index is 3.25. The minimum Gasteiger partial charge on any atom is -0.381 e. The summed E-state index contributed by atoms with van der Waals surface area (Å²) in [4.78, 5) is 2.16. The Kier molecular flexibility index (Phi) is 2.68. The van der Waals surface area contributed by atoms with Crippen LogP contribution >= 0.6 is 11.8 Å². The number of hydrogen-bond acceptors (Lipinski definition) is 3. The van der Waals surface area contributed by atoms with Gasteiger partial charge in [-0.15, -0.1) is 0 Å². The average Bonchev–Trinajstić information content (AvgIpc) is 2.71. The highest BCUT2D eigenvalue weighted by Gasteiger charge is 2.12. The number of thioether (sulfide) groups is 1. The molecule has 2 aliphatic rings. The fraction of sp³-hybridized carbons (Fsp3) is 0.273. The van der Waals surface area contributed by atoms with Gasteiger partial charge < -0.3 is 10.2 Å². The molecule has 2 rings (SSSR count). The molecule has 0 aromatic carbocycles. The van der Waals surface area contributed by atoms with Crippen LogP contribution in [0, 0.1) is 0 Å². The molecule has 0 bridgehead atoms. The van der Waals surface area contributed by atoms with Crippen LogP contribution in [-0.4, -0.2) is 19.0 Å². The summed E-state index contributed by atoms with van der Waals surface area (Å²) in [6.45, 7) is 0. The molecule has 1 heterocycles. The number of allylic oxidation sites excluding steroid dienone is 4. The van der Waals surface area contributed by atoms with Gasteiger partial charge in [-0.25, -0.2) is 0 Å². The fourth-order valence-corrected chi connectivity index (χ4v) is 2.17. The summed E-state index contributed by atoms with van der Waals surface area (Å²) >= 11 is 1.75. The SMILES string of the molecule is CN(C)C1=CC=CC(=C2NC=CS2)C1. The third kappa shape index (κ3) is 1.87. The van der Waals surface area contributed by atoms with Gasteiger partial charge >= 0.3 is 0 Å². The molecule has 0 amide bonds. The largest absolute Gasteiger partial charge is 0.381 e. The van der Waals surface area contributed by atoms with Gasteiger partial charge in [0, 0.05) is 32.4 Å². The van der Waals surface area contributed by atoms with Crippen LogP contribution in [0.1, 0.15) is 6.42 Å². The summed E-state index contributed by atoms with van der Waals surface area (Å²) in [5, 5.41) is 6.58. The molecule has 1 aliphatic carbocycles. The minimum absolute atomic E-state index is 1.01. The van der Waals surface area contributed by atoms with E-state index in [1.165, 1.54) is 16.3 Å². The number of nitrogens with one attached hydrogen (secondary N) is 1. The van der Waals surface area contributed by atoms with Crippen molar-refractivity contribution in [2.24, 2.45) is 0 Å². The van der Waals surface area contributed by atoms with Gasteiger partial charge in [-0.3, -0.25) is 0 Å². The summed E-state index contributed by atoms with van der Waals surface area (Å²) < 4.78 is 0. The Morgan fingerprint density at radius 2 is 2.29 bits per heavy atom. The standard InChI is InChI=1S/C11H14N2S/c1-13(2)10-5-3-4-9(8-10)11-12-6-7-14-11/h3-7,12H,8H2,1-2H3. The van der Waals surface area contributed by atoms with Gasteiger partial charge in [0.25, 0.3) is 0 Å². The predicted molar refractivity (Wildman–Crippen MR) is 62.4 cm³/mol. The normalized spacial score (nSPS) is 24.9. The van der Waals surface area contributed by atoms with Crippen LogP contribution in [0.15, 0.2) is 46.1 Å². The highest BCUT2D eigenvalue weighted by atomic mass is 32.2. The molecule has 0 radical (unpaired) electrons. The van der Waals surface area contributed by atoms with Crippen LogP contribution in [0.25, 0.3) is 0 Å². The van der Waals surface area contributed by atoms with Crippen molar-refractivity contribution in [3.8, 4) is 0 Å². The zero-order chi connectivity index (χ0) is 9.97. The lowest BCUT2D eigenvalue weighted by molar-refractivity contribution is 0.497. The number of nitrogens with zero attached hydrogens (tertiary/aromatic N) is 1. The van der Waals surface area contributed by atoms with E-state index in [0.29, 0.717) is 0 Å². The summed E-state index contributed by atoms with van der Waals surface area (Å²) in [6, 6.07) is 0. The molecule has 14 heavy (non-hydrogen) atoms. The van der Waals surface area contributed by atoms with Crippen LogP contribution in [0.5, 0.6) is 0 Å². The van der Waals surface area contributed by atoms with Crippen molar-refractivity contribution < 1.29 is 0 Å². The zero-order valence-electron chi connectivity index (χ0n) is 8.45. The van der Waals surface area contributed by atoms with Gasteiger partial charge in [0.2, 0.25) is 0 Å². The Labute approximate surface area is 89.1 Å². The Morgan fingerprint density at radius 3 is 2.93 bits per heavy atom. The van der Waals surface area contributed by atoms with Gasteiger partial charge in [0.1, 0.15) is 0 Å². The van der Waals surface area contributed by atoms with E-state index in [2.05, 4.69) is 47.9 Å². The first kappa shape index (κ1) is 9.46. The Bertz CT molecular complexity index is 338. The van der Waals surface area contributed by atoms with Crippen LogP contribution in [-0.2, 0) is 0 Å². The van der Waals surface area contributed by atoms with Gasteiger partial charge in [-0.05, 0) is 17.1 Å². The minimum atomic E-state index is 1.01. The molecule has 0 unspecified atom stereocenters. The maximum absolute atomic E-state index is 3.25. The molecule has 0 saturated heterocycles. The van der Waals surface area contributed by atoms with Crippen molar-refractivity contribution >= 4 is 11.8 Å². The molecule has 2 nitrogen and oxygen atoms in total. The first-order valence-corrected chi connectivity index (χ1v) is 5.51. The first-order valence-electron chi connectivity index (χ1n) is 4.63. The summed E-state index contributed by atoms with van der Waals surface area (Å²) in [7, 11) is 4.17. The third-order valence-corrected chi connectivity index (χ3v) is 3.18.